The van der Waals surface area contributed by atoms with Crippen molar-refractivity contribution in [1.82, 2.24) is 29.6 Å². The standard InChI is InChI=1S/C4H3N9O4/c5-11-4(13(16)17)7-3(9-11)10-1-6-2(8-10)12(14)15/h1H,5H2. The van der Waals surface area contributed by atoms with Crippen molar-refractivity contribution in [3.8, 4) is 5.95 Å². The summed E-state index contributed by atoms with van der Waals surface area (Å²) in [7, 11) is 0. The van der Waals surface area contributed by atoms with E-state index in [1.54, 1.807) is 0 Å². The maximum atomic E-state index is 10.4. The fourth-order valence-corrected chi connectivity index (χ4v) is 0.960. The Morgan fingerprint density at radius 2 is 1.94 bits per heavy atom. The highest BCUT2D eigenvalue weighted by molar-refractivity contribution is 5.17. The number of hydrogen-bond acceptors (Lipinski definition) is 9. The summed E-state index contributed by atoms with van der Waals surface area (Å²) in [4.78, 5) is 26.2. The van der Waals surface area contributed by atoms with E-state index in [2.05, 4.69) is 20.2 Å². The van der Waals surface area contributed by atoms with Gasteiger partial charge < -0.3 is 20.2 Å². The Kier molecular flexibility index (Phi) is 2.12. The molecule has 0 saturated carbocycles. The molecule has 2 N–H and O–H groups in total. The smallest absolute Gasteiger partial charge is 0.390 e. The van der Waals surface area contributed by atoms with Crippen LogP contribution in [0.25, 0.3) is 5.95 Å². The number of rotatable bonds is 3. The van der Waals surface area contributed by atoms with Gasteiger partial charge in [-0.05, 0) is 24.7 Å². The van der Waals surface area contributed by atoms with E-state index in [0.717, 1.165) is 11.0 Å². The largest absolute Gasteiger partial charge is 0.491 e. The Bertz CT molecular complexity index is 598. The Morgan fingerprint density at radius 3 is 2.41 bits per heavy atom. The minimum absolute atomic E-state index is 0.292. The monoisotopic (exact) mass is 241 g/mol. The summed E-state index contributed by atoms with van der Waals surface area (Å²) >= 11 is 0. The van der Waals surface area contributed by atoms with Crippen molar-refractivity contribution < 1.29 is 9.85 Å². The lowest BCUT2D eigenvalue weighted by Crippen LogP contribution is -2.13. The lowest BCUT2D eigenvalue weighted by Gasteiger charge is -1.87. The minimum Gasteiger partial charge on any atom is -0.390 e. The van der Waals surface area contributed by atoms with Crippen LogP contribution in [-0.4, -0.2) is 39.5 Å². The molecule has 0 fully saturated rings. The van der Waals surface area contributed by atoms with Gasteiger partial charge in [-0.3, -0.25) is 5.84 Å². The van der Waals surface area contributed by atoms with Crippen LogP contribution >= 0.6 is 0 Å². The quantitative estimate of drug-likeness (QED) is 0.376. The summed E-state index contributed by atoms with van der Waals surface area (Å²) in [6.45, 7) is 0. The topological polar surface area (TPSA) is 174 Å². The molecule has 88 valence electrons. The fraction of sp³-hybridized carbons (Fsp3) is 0. The second kappa shape index (κ2) is 3.47. The molecule has 0 atom stereocenters. The van der Waals surface area contributed by atoms with Gasteiger partial charge in [-0.1, -0.05) is 9.67 Å². The van der Waals surface area contributed by atoms with Crippen LogP contribution in [0, 0.1) is 20.2 Å². The molecule has 0 unspecified atom stereocenters. The van der Waals surface area contributed by atoms with Crippen molar-refractivity contribution in [2.75, 3.05) is 5.84 Å². The van der Waals surface area contributed by atoms with E-state index < -0.39 is 21.7 Å². The van der Waals surface area contributed by atoms with Gasteiger partial charge in [0.25, 0.3) is 0 Å². The second-order valence-electron chi connectivity index (χ2n) is 2.66. The fourth-order valence-electron chi connectivity index (χ4n) is 0.960. The van der Waals surface area contributed by atoms with Gasteiger partial charge >= 0.3 is 17.8 Å². The van der Waals surface area contributed by atoms with Crippen LogP contribution in [0.4, 0.5) is 11.9 Å². The molecule has 2 aromatic rings. The van der Waals surface area contributed by atoms with Gasteiger partial charge in [-0.15, -0.1) is 0 Å². The molecule has 0 bridgehead atoms. The first-order valence-corrected chi connectivity index (χ1v) is 3.92. The summed E-state index contributed by atoms with van der Waals surface area (Å²) in [5.41, 5.74) is 0. The van der Waals surface area contributed by atoms with E-state index >= 15 is 0 Å². The van der Waals surface area contributed by atoms with Gasteiger partial charge in [-0.25, -0.2) is 0 Å². The Hall–Kier alpha value is -3.12. The molecule has 0 saturated heterocycles. The number of aromatic nitrogens is 6. The lowest BCUT2D eigenvalue weighted by molar-refractivity contribution is -0.396. The van der Waals surface area contributed by atoms with Crippen LogP contribution in [0.1, 0.15) is 0 Å². The Morgan fingerprint density at radius 1 is 1.24 bits per heavy atom. The summed E-state index contributed by atoms with van der Waals surface area (Å²) in [6.07, 6.45) is 0.942. The van der Waals surface area contributed by atoms with Crippen LogP contribution in [0.3, 0.4) is 0 Å². The number of nitrogens with zero attached hydrogens (tertiary/aromatic N) is 8. The highest BCUT2D eigenvalue weighted by Crippen LogP contribution is 2.09. The molecule has 0 aliphatic rings. The van der Waals surface area contributed by atoms with Crippen LogP contribution in [0.15, 0.2) is 6.33 Å². The van der Waals surface area contributed by atoms with Crippen molar-refractivity contribution in [3.05, 3.63) is 26.6 Å². The molecule has 0 aliphatic heterocycles. The van der Waals surface area contributed by atoms with Crippen LogP contribution in [0.5, 0.6) is 0 Å². The van der Waals surface area contributed by atoms with E-state index in [4.69, 9.17) is 5.84 Å². The first kappa shape index (κ1) is 10.4. The predicted octanol–water partition coefficient (Wildman–Crippen LogP) is -1.61. The third kappa shape index (κ3) is 1.71. The van der Waals surface area contributed by atoms with Crippen molar-refractivity contribution in [1.29, 1.82) is 0 Å². The zero-order valence-corrected chi connectivity index (χ0v) is 7.87. The van der Waals surface area contributed by atoms with Crippen molar-refractivity contribution in [3.63, 3.8) is 0 Å². The summed E-state index contributed by atoms with van der Waals surface area (Å²) in [5, 5.41) is 27.6. The van der Waals surface area contributed by atoms with Gasteiger partial charge in [0.2, 0.25) is 6.33 Å². The molecule has 0 spiro atoms. The molecular formula is C4H3N9O4. The maximum Gasteiger partial charge on any atom is 0.491 e. The summed E-state index contributed by atoms with van der Waals surface area (Å²) in [6, 6.07) is 0. The van der Waals surface area contributed by atoms with Crippen molar-refractivity contribution in [2.45, 2.75) is 0 Å². The molecule has 0 aromatic carbocycles. The molecule has 0 amide bonds. The van der Waals surface area contributed by atoms with Gasteiger partial charge in [0.15, 0.2) is 0 Å². The normalized spacial score (nSPS) is 10.4. The molecule has 0 radical (unpaired) electrons. The van der Waals surface area contributed by atoms with E-state index in [1.165, 1.54) is 0 Å². The number of hydrogen-bond donors (Lipinski definition) is 1. The molecule has 17 heavy (non-hydrogen) atoms. The molecule has 0 aliphatic carbocycles. The highest BCUT2D eigenvalue weighted by Gasteiger charge is 2.25. The highest BCUT2D eigenvalue weighted by atomic mass is 16.6. The molecule has 2 aromatic heterocycles. The van der Waals surface area contributed by atoms with Crippen molar-refractivity contribution in [2.24, 2.45) is 0 Å². The molecule has 2 heterocycles. The zero-order chi connectivity index (χ0) is 12.6. The molecule has 13 heteroatoms. The Balaban J connectivity index is 2.42. The molecule has 13 nitrogen and oxygen atoms in total. The first-order chi connectivity index (χ1) is 7.99. The van der Waals surface area contributed by atoms with E-state index in [9.17, 15) is 20.2 Å². The van der Waals surface area contributed by atoms with Crippen molar-refractivity contribution >= 4 is 11.9 Å². The van der Waals surface area contributed by atoms with E-state index in [-0.39, 0.29) is 5.95 Å². The summed E-state index contributed by atoms with van der Waals surface area (Å²) in [5.74, 6) is 3.46. The van der Waals surface area contributed by atoms with E-state index in [1.807, 2.05) is 0 Å². The van der Waals surface area contributed by atoms with Gasteiger partial charge in [0, 0.05) is 5.10 Å². The summed E-state index contributed by atoms with van der Waals surface area (Å²) < 4.78 is 0.800. The van der Waals surface area contributed by atoms with Gasteiger partial charge in [0.05, 0.1) is 0 Å². The third-order valence-corrected chi connectivity index (χ3v) is 1.61. The molecular weight excluding hydrogens is 238 g/mol. The Labute approximate surface area is 90.8 Å². The predicted molar refractivity (Wildman–Crippen MR) is 48.4 cm³/mol. The number of nitrogen functional groups attached to an aromatic ring is 1. The average Bonchev–Trinajstić information content (AvgIpc) is 2.82. The van der Waals surface area contributed by atoms with Crippen LogP contribution < -0.4 is 5.84 Å². The lowest BCUT2D eigenvalue weighted by atomic mass is 11.0. The number of nitro groups is 2. The zero-order valence-electron chi connectivity index (χ0n) is 7.87. The van der Waals surface area contributed by atoms with Crippen LogP contribution in [0.2, 0.25) is 0 Å². The first-order valence-electron chi connectivity index (χ1n) is 3.92. The maximum absolute atomic E-state index is 10.4. The molecule has 2 rings (SSSR count). The SMILES string of the molecule is Nn1nc(-n2cnc([N+](=O)[O-])n2)nc1[N+](=O)[O-]. The second-order valence-corrected chi connectivity index (χ2v) is 2.66. The average molecular weight is 241 g/mol. The minimum atomic E-state index is -0.859. The number of nitrogens with two attached hydrogens (primary N) is 1. The van der Waals surface area contributed by atoms with E-state index in [0.29, 0.717) is 4.79 Å². The third-order valence-electron chi connectivity index (χ3n) is 1.61. The van der Waals surface area contributed by atoms with Crippen LogP contribution in [-0.2, 0) is 0 Å². The van der Waals surface area contributed by atoms with Gasteiger partial charge in [-0.2, -0.15) is 0 Å². The van der Waals surface area contributed by atoms with Gasteiger partial charge in [0.1, 0.15) is 0 Å².